The highest BCUT2D eigenvalue weighted by molar-refractivity contribution is 4.68. The molecule has 0 heterocycles. The van der Waals surface area contributed by atoms with E-state index in [1.54, 1.807) is 0 Å². The fourth-order valence-electron chi connectivity index (χ4n) is 0.414. The maximum Gasteiger partial charge on any atom is -0.00779 e. The van der Waals surface area contributed by atoms with Gasteiger partial charge in [0, 0.05) is 0 Å². The third-order valence-electron chi connectivity index (χ3n) is 0.836. The van der Waals surface area contributed by atoms with Gasteiger partial charge in [0.05, 0.1) is 0 Å². The van der Waals surface area contributed by atoms with E-state index in [9.17, 15) is 0 Å². The van der Waals surface area contributed by atoms with Gasteiger partial charge in [0.25, 0.3) is 0 Å². The molecule has 2 nitrogen and oxygen atoms in total. The van der Waals surface area contributed by atoms with E-state index < -0.39 is 0 Å². The first kappa shape index (κ1) is 6.92. The summed E-state index contributed by atoms with van der Waals surface area (Å²) in [5.41, 5.74) is 5.23. The van der Waals surface area contributed by atoms with Crippen LogP contribution in [-0.4, -0.2) is 20.1 Å². The van der Waals surface area contributed by atoms with Crippen molar-refractivity contribution in [2.75, 3.05) is 20.1 Å². The van der Waals surface area contributed by atoms with E-state index in [-0.39, 0.29) is 0 Å². The molecular formula is C5H13N2-. The van der Waals surface area contributed by atoms with Gasteiger partial charge in [0.15, 0.2) is 0 Å². The van der Waals surface area contributed by atoms with Crippen LogP contribution < -0.4 is 5.73 Å². The molecule has 0 saturated carbocycles. The molecule has 0 amide bonds. The predicted octanol–water partition coefficient (Wildman–Crippen LogP) is 0.729. The smallest absolute Gasteiger partial charge is 0.00779 e. The van der Waals surface area contributed by atoms with Gasteiger partial charge in [-0.25, -0.2) is 0 Å². The summed E-state index contributed by atoms with van der Waals surface area (Å²) in [5, 5.41) is 3.92. The third kappa shape index (κ3) is 5.92. The van der Waals surface area contributed by atoms with Gasteiger partial charge in [-0.05, 0) is 13.0 Å². The summed E-state index contributed by atoms with van der Waals surface area (Å²) in [6.45, 7) is 1.77. The second kappa shape index (κ2) is 5.92. The number of nitrogens with zero attached hydrogens (tertiary/aromatic N) is 1. The van der Waals surface area contributed by atoms with Crippen LogP contribution in [0.2, 0.25) is 0 Å². The Hall–Kier alpha value is -0.0800. The second-order valence-corrected chi connectivity index (χ2v) is 1.54. The van der Waals surface area contributed by atoms with Crippen LogP contribution in [-0.2, 0) is 0 Å². The monoisotopic (exact) mass is 101 g/mol. The van der Waals surface area contributed by atoms with E-state index in [0.29, 0.717) is 0 Å². The van der Waals surface area contributed by atoms with Gasteiger partial charge in [-0.15, -0.1) is 6.54 Å². The van der Waals surface area contributed by atoms with Crippen molar-refractivity contribution in [1.29, 1.82) is 0 Å². The van der Waals surface area contributed by atoms with Crippen LogP contribution in [0.4, 0.5) is 0 Å². The zero-order valence-electron chi connectivity index (χ0n) is 4.85. The molecular weight excluding hydrogens is 88.1 g/mol. The largest absolute Gasteiger partial charge is 0.665 e. The SMILES string of the molecule is C[N-]CCCCN. The van der Waals surface area contributed by atoms with Crippen molar-refractivity contribution < 1.29 is 0 Å². The molecule has 44 valence electrons. The fourth-order valence-corrected chi connectivity index (χ4v) is 0.414. The first-order chi connectivity index (χ1) is 3.41. The standard InChI is InChI=1S/C5H13N2/c1-7-5-3-2-4-6/h2-6H2,1H3/q-1. The Morgan fingerprint density at radius 3 is 2.57 bits per heavy atom. The van der Waals surface area contributed by atoms with Crippen molar-refractivity contribution in [2.45, 2.75) is 12.8 Å². The lowest BCUT2D eigenvalue weighted by Crippen LogP contribution is -1.98. The lowest BCUT2D eigenvalue weighted by molar-refractivity contribution is 0.781. The average molecular weight is 101 g/mol. The van der Waals surface area contributed by atoms with Crippen LogP contribution in [0.25, 0.3) is 5.32 Å². The highest BCUT2D eigenvalue weighted by Gasteiger charge is 1.72. The van der Waals surface area contributed by atoms with Gasteiger partial charge in [-0.3, -0.25) is 0 Å². The summed E-state index contributed by atoms with van der Waals surface area (Å²) in [4.78, 5) is 0. The van der Waals surface area contributed by atoms with Gasteiger partial charge in [0.1, 0.15) is 0 Å². The quantitative estimate of drug-likeness (QED) is 0.521. The Morgan fingerprint density at radius 2 is 2.14 bits per heavy atom. The fraction of sp³-hybridized carbons (Fsp3) is 1.00. The van der Waals surface area contributed by atoms with Crippen LogP contribution in [0.3, 0.4) is 0 Å². The van der Waals surface area contributed by atoms with E-state index in [0.717, 1.165) is 25.9 Å². The highest BCUT2D eigenvalue weighted by Crippen LogP contribution is 1.87. The van der Waals surface area contributed by atoms with Gasteiger partial charge in [-0.2, -0.15) is 7.05 Å². The van der Waals surface area contributed by atoms with Crippen molar-refractivity contribution in [3.8, 4) is 0 Å². The van der Waals surface area contributed by atoms with Gasteiger partial charge in [-0.1, -0.05) is 6.42 Å². The van der Waals surface area contributed by atoms with E-state index in [2.05, 4.69) is 5.32 Å². The Kier molecular flexibility index (Phi) is 5.85. The van der Waals surface area contributed by atoms with Crippen LogP contribution in [0.5, 0.6) is 0 Å². The van der Waals surface area contributed by atoms with Crippen molar-refractivity contribution in [3.05, 3.63) is 5.32 Å². The molecule has 0 atom stereocenters. The van der Waals surface area contributed by atoms with Crippen molar-refractivity contribution >= 4 is 0 Å². The number of hydrogen-bond acceptors (Lipinski definition) is 1. The number of rotatable bonds is 4. The van der Waals surface area contributed by atoms with E-state index in [4.69, 9.17) is 5.73 Å². The van der Waals surface area contributed by atoms with Gasteiger partial charge >= 0.3 is 0 Å². The maximum absolute atomic E-state index is 5.23. The molecule has 0 aromatic heterocycles. The summed E-state index contributed by atoms with van der Waals surface area (Å²) in [6, 6.07) is 0. The molecule has 0 unspecified atom stereocenters. The van der Waals surface area contributed by atoms with E-state index in [1.165, 1.54) is 0 Å². The normalized spacial score (nSPS) is 9.43. The topological polar surface area (TPSA) is 40.1 Å². The molecule has 0 aromatic carbocycles. The number of unbranched alkanes of at least 4 members (excludes halogenated alkanes) is 1. The highest BCUT2D eigenvalue weighted by atomic mass is 14.8. The molecule has 0 saturated heterocycles. The van der Waals surface area contributed by atoms with E-state index >= 15 is 0 Å². The van der Waals surface area contributed by atoms with Gasteiger partial charge < -0.3 is 11.1 Å². The molecule has 0 aliphatic heterocycles. The summed E-state index contributed by atoms with van der Waals surface area (Å²) >= 11 is 0. The third-order valence-corrected chi connectivity index (χ3v) is 0.836. The van der Waals surface area contributed by atoms with Crippen molar-refractivity contribution in [1.82, 2.24) is 0 Å². The molecule has 0 fully saturated rings. The predicted molar refractivity (Wildman–Crippen MR) is 32.4 cm³/mol. The average Bonchev–Trinajstić information content (AvgIpc) is 1.69. The minimum Gasteiger partial charge on any atom is -0.665 e. The van der Waals surface area contributed by atoms with Crippen LogP contribution in [0, 0.1) is 0 Å². The molecule has 0 bridgehead atoms. The molecule has 2 heteroatoms. The molecule has 0 spiro atoms. The number of nitrogens with two attached hydrogens (primary N) is 1. The van der Waals surface area contributed by atoms with Crippen LogP contribution >= 0.6 is 0 Å². The van der Waals surface area contributed by atoms with Crippen molar-refractivity contribution in [3.63, 3.8) is 0 Å². The summed E-state index contributed by atoms with van der Waals surface area (Å²) < 4.78 is 0. The second-order valence-electron chi connectivity index (χ2n) is 1.54. The van der Waals surface area contributed by atoms with Crippen LogP contribution in [0.15, 0.2) is 0 Å². The first-order valence-corrected chi connectivity index (χ1v) is 2.67. The zero-order chi connectivity index (χ0) is 5.54. The molecule has 0 radical (unpaired) electrons. The lowest BCUT2D eigenvalue weighted by Gasteiger charge is -2.07. The zero-order valence-corrected chi connectivity index (χ0v) is 4.85. The summed E-state index contributed by atoms with van der Waals surface area (Å²) in [7, 11) is 1.83. The molecule has 0 aliphatic rings. The van der Waals surface area contributed by atoms with Crippen LogP contribution in [0.1, 0.15) is 12.8 Å². The maximum atomic E-state index is 5.23. The Balaban J connectivity index is 2.45. The Bertz CT molecular complexity index is 25.3. The summed E-state index contributed by atoms with van der Waals surface area (Å²) in [5.74, 6) is 0. The molecule has 0 aromatic rings. The van der Waals surface area contributed by atoms with Crippen molar-refractivity contribution in [2.24, 2.45) is 5.73 Å². The Labute approximate surface area is 45.1 Å². The molecule has 2 N–H and O–H groups in total. The van der Waals surface area contributed by atoms with Gasteiger partial charge in [0.2, 0.25) is 0 Å². The Morgan fingerprint density at radius 1 is 1.43 bits per heavy atom. The summed E-state index contributed by atoms with van der Waals surface area (Å²) in [6.07, 6.45) is 2.25. The molecule has 7 heavy (non-hydrogen) atoms. The van der Waals surface area contributed by atoms with E-state index in [1.807, 2.05) is 7.05 Å². The lowest BCUT2D eigenvalue weighted by atomic mass is 10.3. The minimum absolute atomic E-state index is 0.801. The minimum atomic E-state index is 0.801. The molecule has 0 rings (SSSR count). The first-order valence-electron chi connectivity index (χ1n) is 2.67. The molecule has 0 aliphatic carbocycles. The number of hydrogen-bond donors (Lipinski definition) is 1.